The number of carbonyl (C=O) groups is 1. The highest BCUT2D eigenvalue weighted by Gasteiger charge is 2.37. The van der Waals surface area contributed by atoms with E-state index in [0.717, 1.165) is 41.0 Å². The van der Waals surface area contributed by atoms with Crippen molar-refractivity contribution in [2.75, 3.05) is 18.5 Å². The van der Waals surface area contributed by atoms with Crippen LogP contribution in [-0.2, 0) is 4.79 Å². The first-order valence-corrected chi connectivity index (χ1v) is 10.1. The van der Waals surface area contributed by atoms with E-state index in [2.05, 4.69) is 10.3 Å². The number of Topliss-reactive ketones (excluding diaryl/α,β-unsaturated/α-hetero) is 1. The molecule has 0 spiro atoms. The molecule has 0 fully saturated rings. The Balaban J connectivity index is 1.52. The Hall–Kier alpha value is -3.68. The van der Waals surface area contributed by atoms with E-state index >= 15 is 0 Å². The zero-order valence-corrected chi connectivity index (χ0v) is 16.2. The summed E-state index contributed by atoms with van der Waals surface area (Å²) in [5, 5.41) is 8.13. The molecular formula is C22H19N5O3. The first-order chi connectivity index (χ1) is 14.8. The highest BCUT2D eigenvalue weighted by atomic mass is 16.6. The number of ether oxygens (including phenoxy) is 2. The van der Waals surface area contributed by atoms with Gasteiger partial charge in [0, 0.05) is 35.6 Å². The Bertz CT molecular complexity index is 1180. The summed E-state index contributed by atoms with van der Waals surface area (Å²) in [4.78, 5) is 21.7. The first-order valence-electron chi connectivity index (χ1n) is 10.1. The van der Waals surface area contributed by atoms with E-state index in [0.29, 0.717) is 37.2 Å². The molecule has 3 aromatic rings. The number of ketones is 1. The summed E-state index contributed by atoms with van der Waals surface area (Å²) in [5.74, 6) is 2.79. The number of nitrogens with zero attached hydrogens (tertiary/aromatic N) is 4. The number of hydrogen-bond acceptors (Lipinski definition) is 7. The minimum atomic E-state index is -0.358. The molecule has 1 N–H and O–H groups in total. The van der Waals surface area contributed by atoms with E-state index in [-0.39, 0.29) is 11.8 Å². The quantitative estimate of drug-likeness (QED) is 0.705. The predicted molar refractivity (Wildman–Crippen MR) is 108 cm³/mol. The van der Waals surface area contributed by atoms with Gasteiger partial charge in [-0.1, -0.05) is 6.07 Å². The van der Waals surface area contributed by atoms with Crippen LogP contribution in [0.15, 0.2) is 54.0 Å². The summed E-state index contributed by atoms with van der Waals surface area (Å²) in [5.41, 5.74) is 3.50. The van der Waals surface area contributed by atoms with Crippen LogP contribution < -0.4 is 14.8 Å². The van der Waals surface area contributed by atoms with Gasteiger partial charge in [-0.2, -0.15) is 4.98 Å². The highest BCUT2D eigenvalue weighted by Crippen LogP contribution is 2.43. The van der Waals surface area contributed by atoms with Crippen LogP contribution in [0.1, 0.15) is 30.9 Å². The van der Waals surface area contributed by atoms with E-state index in [4.69, 9.17) is 19.6 Å². The number of allylic oxidation sites excluding steroid dienone is 2. The van der Waals surface area contributed by atoms with Gasteiger partial charge in [-0.15, -0.1) is 5.10 Å². The van der Waals surface area contributed by atoms with Gasteiger partial charge in [0.05, 0.1) is 0 Å². The molecule has 150 valence electrons. The molecule has 0 saturated carbocycles. The molecule has 8 heteroatoms. The van der Waals surface area contributed by atoms with E-state index in [1.54, 1.807) is 12.4 Å². The minimum absolute atomic E-state index is 0.148. The predicted octanol–water partition coefficient (Wildman–Crippen LogP) is 3.13. The van der Waals surface area contributed by atoms with Crippen molar-refractivity contribution >= 4 is 11.7 Å². The molecule has 30 heavy (non-hydrogen) atoms. The third kappa shape index (κ3) is 2.67. The van der Waals surface area contributed by atoms with Crippen LogP contribution in [0.2, 0.25) is 0 Å². The van der Waals surface area contributed by atoms with Gasteiger partial charge in [0.25, 0.3) is 0 Å². The van der Waals surface area contributed by atoms with Crippen molar-refractivity contribution in [3.8, 4) is 22.9 Å². The molecule has 0 saturated heterocycles. The summed E-state index contributed by atoms with van der Waals surface area (Å²) < 4.78 is 13.3. The van der Waals surface area contributed by atoms with Gasteiger partial charge in [-0.3, -0.25) is 9.78 Å². The van der Waals surface area contributed by atoms with Crippen molar-refractivity contribution in [1.82, 2.24) is 19.7 Å². The Kier molecular flexibility index (Phi) is 3.83. The molecule has 0 radical (unpaired) electrons. The SMILES string of the molecule is O=C1CCCC2=C1C(c1ccc3c(c1)OCCO3)n1nc(-c3ccncc3)nc1N2. The smallest absolute Gasteiger partial charge is 0.226 e. The molecule has 1 unspecified atom stereocenters. The minimum Gasteiger partial charge on any atom is -0.486 e. The summed E-state index contributed by atoms with van der Waals surface area (Å²) in [7, 11) is 0. The molecule has 4 heterocycles. The van der Waals surface area contributed by atoms with Crippen LogP contribution in [0.3, 0.4) is 0 Å². The van der Waals surface area contributed by atoms with Gasteiger partial charge < -0.3 is 14.8 Å². The second-order valence-corrected chi connectivity index (χ2v) is 7.54. The van der Waals surface area contributed by atoms with E-state index < -0.39 is 0 Å². The molecule has 2 aromatic heterocycles. The largest absolute Gasteiger partial charge is 0.486 e. The van der Waals surface area contributed by atoms with Crippen molar-refractivity contribution in [3.63, 3.8) is 0 Å². The molecule has 1 aromatic carbocycles. The molecule has 0 bridgehead atoms. The van der Waals surface area contributed by atoms with Crippen LogP contribution in [0, 0.1) is 0 Å². The first kappa shape index (κ1) is 17.2. The molecule has 8 nitrogen and oxygen atoms in total. The number of benzene rings is 1. The second-order valence-electron chi connectivity index (χ2n) is 7.54. The zero-order chi connectivity index (χ0) is 20.1. The molecule has 1 aliphatic carbocycles. The van der Waals surface area contributed by atoms with Crippen LogP contribution in [0.5, 0.6) is 11.5 Å². The highest BCUT2D eigenvalue weighted by molar-refractivity contribution is 5.99. The van der Waals surface area contributed by atoms with Crippen molar-refractivity contribution in [1.29, 1.82) is 0 Å². The zero-order valence-electron chi connectivity index (χ0n) is 16.2. The maximum atomic E-state index is 13.0. The lowest BCUT2D eigenvalue weighted by Gasteiger charge is -2.32. The molecule has 6 rings (SSSR count). The number of pyridine rings is 1. The van der Waals surface area contributed by atoms with E-state index in [9.17, 15) is 4.79 Å². The number of hydrogen-bond donors (Lipinski definition) is 1. The maximum absolute atomic E-state index is 13.0. The Labute approximate surface area is 172 Å². The van der Waals surface area contributed by atoms with Gasteiger partial charge in [-0.25, -0.2) is 4.68 Å². The van der Waals surface area contributed by atoms with Gasteiger partial charge >= 0.3 is 0 Å². The molecule has 0 amide bonds. The molecular weight excluding hydrogens is 382 g/mol. The fourth-order valence-electron chi connectivity index (χ4n) is 4.32. The monoisotopic (exact) mass is 401 g/mol. The number of nitrogens with one attached hydrogen (secondary N) is 1. The number of carbonyl (C=O) groups excluding carboxylic acids is 1. The van der Waals surface area contributed by atoms with Crippen molar-refractivity contribution in [3.05, 3.63) is 59.6 Å². The van der Waals surface area contributed by atoms with Crippen LogP contribution in [0.4, 0.5) is 5.95 Å². The Morgan fingerprint density at radius 3 is 2.73 bits per heavy atom. The summed E-state index contributed by atoms with van der Waals surface area (Å²) in [6, 6.07) is 9.22. The van der Waals surface area contributed by atoms with Crippen molar-refractivity contribution in [2.24, 2.45) is 0 Å². The van der Waals surface area contributed by atoms with E-state index in [1.165, 1.54) is 0 Å². The second kappa shape index (κ2) is 6.69. The van der Waals surface area contributed by atoms with Crippen molar-refractivity contribution in [2.45, 2.75) is 25.3 Å². The number of fused-ring (bicyclic) bond motifs is 2. The van der Waals surface area contributed by atoms with Crippen LogP contribution >= 0.6 is 0 Å². The number of anilines is 1. The normalized spacial score (nSPS) is 19.7. The summed E-state index contributed by atoms with van der Waals surface area (Å²) in [6.07, 6.45) is 5.63. The van der Waals surface area contributed by atoms with Gasteiger partial charge in [-0.05, 0) is 42.7 Å². The third-order valence-corrected chi connectivity index (χ3v) is 5.69. The van der Waals surface area contributed by atoms with E-state index in [1.807, 2.05) is 35.0 Å². The lowest BCUT2D eigenvalue weighted by molar-refractivity contribution is -0.116. The van der Waals surface area contributed by atoms with Gasteiger partial charge in [0.15, 0.2) is 23.1 Å². The molecule has 1 atom stereocenters. The third-order valence-electron chi connectivity index (χ3n) is 5.69. The Morgan fingerprint density at radius 1 is 1.03 bits per heavy atom. The summed E-state index contributed by atoms with van der Waals surface area (Å²) >= 11 is 0. The topological polar surface area (TPSA) is 91.2 Å². The fourth-order valence-corrected chi connectivity index (χ4v) is 4.32. The number of rotatable bonds is 2. The van der Waals surface area contributed by atoms with Gasteiger partial charge in [0.1, 0.15) is 19.3 Å². The molecule has 3 aliphatic rings. The average molecular weight is 401 g/mol. The standard InChI is InChI=1S/C22H19N5O3/c28-16-3-1-2-15-19(16)20(14-4-5-17-18(12-14)30-11-10-29-17)27-22(24-15)25-21(26-27)13-6-8-23-9-7-13/h4-9,12,20H,1-3,10-11H2,(H,24,25,26). The lowest BCUT2D eigenvalue weighted by atomic mass is 9.85. The Morgan fingerprint density at radius 2 is 1.87 bits per heavy atom. The fraction of sp³-hybridized carbons (Fsp3) is 0.273. The van der Waals surface area contributed by atoms with Crippen LogP contribution in [-0.4, -0.2) is 38.7 Å². The maximum Gasteiger partial charge on any atom is 0.226 e. The van der Waals surface area contributed by atoms with Crippen molar-refractivity contribution < 1.29 is 14.3 Å². The van der Waals surface area contributed by atoms with Gasteiger partial charge in [0.2, 0.25) is 5.95 Å². The van der Waals surface area contributed by atoms with Crippen LogP contribution in [0.25, 0.3) is 11.4 Å². The average Bonchev–Trinajstić information content (AvgIpc) is 3.22. The molecule has 2 aliphatic heterocycles. The lowest BCUT2D eigenvalue weighted by Crippen LogP contribution is -2.31. The summed E-state index contributed by atoms with van der Waals surface area (Å²) in [6.45, 7) is 1.05. The number of aromatic nitrogens is 4.